The highest BCUT2D eigenvalue weighted by atomic mass is 35.5. The van der Waals surface area contributed by atoms with Gasteiger partial charge in [0.05, 0.1) is 0 Å². The van der Waals surface area contributed by atoms with Gasteiger partial charge in [-0.2, -0.15) is 0 Å². The maximum Gasteiger partial charge on any atom is 0.129 e. The van der Waals surface area contributed by atoms with E-state index in [0.717, 1.165) is 12.3 Å². The van der Waals surface area contributed by atoms with Gasteiger partial charge in [0, 0.05) is 6.20 Å². The summed E-state index contributed by atoms with van der Waals surface area (Å²) in [5, 5.41) is 0.572. The van der Waals surface area contributed by atoms with Gasteiger partial charge >= 0.3 is 0 Å². The molecule has 1 rings (SSSR count). The fourth-order valence-electron chi connectivity index (χ4n) is 1.07. The van der Waals surface area contributed by atoms with Crippen molar-refractivity contribution in [2.45, 2.75) is 26.7 Å². The number of aromatic nitrogens is 1. The van der Waals surface area contributed by atoms with Crippen LogP contribution in [-0.4, -0.2) is 4.98 Å². The predicted molar refractivity (Wildman–Crippen MR) is 52.4 cm³/mol. The topological polar surface area (TPSA) is 12.9 Å². The Hall–Kier alpha value is -0.560. The van der Waals surface area contributed by atoms with Gasteiger partial charge in [0.25, 0.3) is 0 Å². The molecule has 0 saturated heterocycles. The highest BCUT2D eigenvalue weighted by molar-refractivity contribution is 6.29. The molecule has 0 aromatic carbocycles. The number of halogens is 1. The van der Waals surface area contributed by atoms with Crippen LogP contribution in [0.4, 0.5) is 0 Å². The molecule has 0 aliphatic heterocycles. The molecule has 1 atom stereocenters. The zero-order valence-electron chi connectivity index (χ0n) is 7.55. The second-order valence-corrected chi connectivity index (χ2v) is 3.59. The van der Waals surface area contributed by atoms with Crippen LogP contribution in [0.15, 0.2) is 18.3 Å². The molecular weight excluding hydrogens is 170 g/mol. The second-order valence-electron chi connectivity index (χ2n) is 3.21. The molecule has 1 heterocycles. The Balaban J connectivity index is 2.58. The minimum Gasteiger partial charge on any atom is -0.244 e. The summed E-state index contributed by atoms with van der Waals surface area (Å²) in [7, 11) is 0. The van der Waals surface area contributed by atoms with Crippen LogP contribution in [0.1, 0.15) is 25.8 Å². The molecular formula is C10H14ClN. The molecule has 2 heteroatoms. The number of hydrogen-bond acceptors (Lipinski definition) is 1. The van der Waals surface area contributed by atoms with Crippen molar-refractivity contribution in [2.24, 2.45) is 5.92 Å². The van der Waals surface area contributed by atoms with E-state index in [4.69, 9.17) is 11.6 Å². The molecule has 0 fully saturated rings. The highest BCUT2D eigenvalue weighted by Gasteiger charge is 2.00. The molecule has 0 aliphatic carbocycles. The summed E-state index contributed by atoms with van der Waals surface area (Å²) in [5.41, 5.74) is 1.27. The Kier molecular flexibility index (Phi) is 3.54. The summed E-state index contributed by atoms with van der Waals surface area (Å²) in [6, 6.07) is 3.89. The SMILES string of the molecule is CC[C@H](C)Cc1ccc(Cl)nc1. The molecule has 0 amide bonds. The summed E-state index contributed by atoms with van der Waals surface area (Å²) >= 11 is 5.67. The van der Waals surface area contributed by atoms with Gasteiger partial charge in [-0.25, -0.2) is 4.98 Å². The van der Waals surface area contributed by atoms with Gasteiger partial charge in [-0.15, -0.1) is 0 Å². The number of nitrogens with zero attached hydrogens (tertiary/aromatic N) is 1. The molecule has 0 aliphatic rings. The summed E-state index contributed by atoms with van der Waals surface area (Å²) < 4.78 is 0. The van der Waals surface area contributed by atoms with Crippen molar-refractivity contribution in [3.05, 3.63) is 29.0 Å². The fourth-order valence-corrected chi connectivity index (χ4v) is 1.19. The van der Waals surface area contributed by atoms with Gasteiger partial charge in [-0.05, 0) is 24.0 Å². The van der Waals surface area contributed by atoms with Crippen LogP contribution >= 0.6 is 11.6 Å². The summed E-state index contributed by atoms with van der Waals surface area (Å²) in [6.45, 7) is 4.45. The molecule has 0 bridgehead atoms. The molecule has 1 aromatic rings. The van der Waals surface area contributed by atoms with Crippen LogP contribution in [0.2, 0.25) is 5.15 Å². The Morgan fingerprint density at radius 1 is 1.50 bits per heavy atom. The molecule has 0 saturated carbocycles. The lowest BCUT2D eigenvalue weighted by molar-refractivity contribution is 0.559. The molecule has 0 radical (unpaired) electrons. The quantitative estimate of drug-likeness (QED) is 0.656. The van der Waals surface area contributed by atoms with Gasteiger partial charge in [0.1, 0.15) is 5.15 Å². The molecule has 1 nitrogen and oxygen atoms in total. The molecule has 12 heavy (non-hydrogen) atoms. The van der Waals surface area contributed by atoms with Crippen LogP contribution in [0.5, 0.6) is 0 Å². The minimum atomic E-state index is 0.572. The third-order valence-electron chi connectivity index (χ3n) is 2.07. The first kappa shape index (κ1) is 9.53. The second kappa shape index (κ2) is 4.46. The molecule has 0 N–H and O–H groups in total. The first-order valence-corrected chi connectivity index (χ1v) is 4.70. The Bertz CT molecular complexity index is 230. The Labute approximate surface area is 78.8 Å². The summed E-state index contributed by atoms with van der Waals surface area (Å²) in [5.74, 6) is 0.730. The van der Waals surface area contributed by atoms with Crippen molar-refractivity contribution >= 4 is 11.6 Å². The fraction of sp³-hybridized carbons (Fsp3) is 0.500. The van der Waals surface area contributed by atoms with Crippen LogP contribution in [0, 0.1) is 5.92 Å². The van der Waals surface area contributed by atoms with Crippen molar-refractivity contribution in [1.29, 1.82) is 0 Å². The Morgan fingerprint density at radius 2 is 2.25 bits per heavy atom. The van der Waals surface area contributed by atoms with E-state index in [1.165, 1.54) is 12.0 Å². The van der Waals surface area contributed by atoms with E-state index >= 15 is 0 Å². The lowest BCUT2D eigenvalue weighted by Gasteiger charge is -2.06. The first-order chi connectivity index (χ1) is 5.72. The molecule has 0 unspecified atom stereocenters. The van der Waals surface area contributed by atoms with Crippen LogP contribution in [0.3, 0.4) is 0 Å². The van der Waals surface area contributed by atoms with Gasteiger partial charge in [0.2, 0.25) is 0 Å². The average molecular weight is 184 g/mol. The van der Waals surface area contributed by atoms with Crippen molar-refractivity contribution in [1.82, 2.24) is 4.98 Å². The van der Waals surface area contributed by atoms with Crippen molar-refractivity contribution in [3.8, 4) is 0 Å². The zero-order chi connectivity index (χ0) is 8.97. The molecule has 66 valence electrons. The lowest BCUT2D eigenvalue weighted by atomic mass is 10.0. The zero-order valence-corrected chi connectivity index (χ0v) is 8.30. The minimum absolute atomic E-state index is 0.572. The van der Waals surface area contributed by atoms with E-state index in [1.54, 1.807) is 0 Å². The maximum absolute atomic E-state index is 5.67. The van der Waals surface area contributed by atoms with Crippen molar-refractivity contribution in [2.75, 3.05) is 0 Å². The predicted octanol–water partition coefficient (Wildman–Crippen LogP) is 3.32. The lowest BCUT2D eigenvalue weighted by Crippen LogP contribution is -1.97. The van der Waals surface area contributed by atoms with Crippen molar-refractivity contribution in [3.63, 3.8) is 0 Å². The normalized spacial score (nSPS) is 12.9. The third-order valence-corrected chi connectivity index (χ3v) is 2.29. The average Bonchev–Trinajstić information content (AvgIpc) is 2.09. The number of pyridine rings is 1. The van der Waals surface area contributed by atoms with Crippen LogP contribution in [0.25, 0.3) is 0 Å². The third kappa shape index (κ3) is 2.82. The van der Waals surface area contributed by atoms with E-state index in [2.05, 4.69) is 18.8 Å². The smallest absolute Gasteiger partial charge is 0.129 e. The molecule has 1 aromatic heterocycles. The first-order valence-electron chi connectivity index (χ1n) is 4.32. The van der Waals surface area contributed by atoms with E-state index < -0.39 is 0 Å². The van der Waals surface area contributed by atoms with Crippen molar-refractivity contribution < 1.29 is 0 Å². The monoisotopic (exact) mass is 183 g/mol. The number of hydrogen-bond donors (Lipinski definition) is 0. The van der Waals surface area contributed by atoms with Gasteiger partial charge in [-0.3, -0.25) is 0 Å². The largest absolute Gasteiger partial charge is 0.244 e. The van der Waals surface area contributed by atoms with Crippen LogP contribution in [-0.2, 0) is 6.42 Å². The highest BCUT2D eigenvalue weighted by Crippen LogP contribution is 2.12. The van der Waals surface area contributed by atoms with E-state index in [-0.39, 0.29) is 0 Å². The van der Waals surface area contributed by atoms with E-state index in [9.17, 15) is 0 Å². The van der Waals surface area contributed by atoms with Gasteiger partial charge < -0.3 is 0 Å². The Morgan fingerprint density at radius 3 is 2.75 bits per heavy atom. The van der Waals surface area contributed by atoms with Gasteiger partial charge in [0.15, 0.2) is 0 Å². The standard InChI is InChI=1S/C10H14ClN/c1-3-8(2)6-9-4-5-10(11)12-7-9/h4-5,7-8H,3,6H2,1-2H3/t8-/m0/s1. The summed E-state index contributed by atoms with van der Waals surface area (Å²) in [6.07, 6.45) is 4.16. The summed E-state index contributed by atoms with van der Waals surface area (Å²) in [4.78, 5) is 4.03. The van der Waals surface area contributed by atoms with Gasteiger partial charge in [-0.1, -0.05) is 37.9 Å². The van der Waals surface area contributed by atoms with E-state index in [0.29, 0.717) is 5.15 Å². The maximum atomic E-state index is 5.67. The van der Waals surface area contributed by atoms with Crippen LogP contribution < -0.4 is 0 Å². The van der Waals surface area contributed by atoms with E-state index in [1.807, 2.05) is 18.3 Å². The molecule has 0 spiro atoms. The number of rotatable bonds is 3.